The van der Waals surface area contributed by atoms with E-state index in [-0.39, 0.29) is 11.9 Å². The van der Waals surface area contributed by atoms with Crippen LogP contribution in [0.5, 0.6) is 0 Å². The number of halogens is 2. The molecular weight excluding hydrogens is 293 g/mol. The van der Waals surface area contributed by atoms with Crippen LogP contribution in [-0.2, 0) is 0 Å². The fourth-order valence-corrected chi connectivity index (χ4v) is 3.63. The second-order valence-corrected chi connectivity index (χ2v) is 6.68. The Morgan fingerprint density at radius 1 is 1.30 bits per heavy atom. The minimum atomic E-state index is -0.214. The molecule has 1 nitrogen and oxygen atoms in total. The van der Waals surface area contributed by atoms with Crippen molar-refractivity contribution in [2.45, 2.75) is 33.2 Å². The summed E-state index contributed by atoms with van der Waals surface area (Å²) in [6, 6.07) is 6.76. The van der Waals surface area contributed by atoms with Crippen LogP contribution in [0.15, 0.2) is 24.3 Å². The first-order valence-corrected chi connectivity index (χ1v) is 7.97. The van der Waals surface area contributed by atoms with E-state index in [2.05, 4.69) is 32.2 Å². The van der Waals surface area contributed by atoms with E-state index in [9.17, 15) is 4.39 Å². The minimum absolute atomic E-state index is 0.132. The summed E-state index contributed by atoms with van der Waals surface area (Å²) in [4.78, 5) is 2.40. The highest BCUT2D eigenvalue weighted by Gasteiger charge is 2.21. The van der Waals surface area contributed by atoms with Crippen molar-refractivity contribution in [1.82, 2.24) is 5.32 Å². The van der Waals surface area contributed by atoms with Crippen LogP contribution in [-0.4, -0.2) is 6.54 Å². The first kappa shape index (κ1) is 15.5. The summed E-state index contributed by atoms with van der Waals surface area (Å²) in [5.74, 6) is -0.214. The highest BCUT2D eigenvalue weighted by Crippen LogP contribution is 2.34. The molecule has 0 bridgehead atoms. The third-order valence-corrected chi connectivity index (χ3v) is 4.66. The molecule has 4 heteroatoms. The van der Waals surface area contributed by atoms with Gasteiger partial charge < -0.3 is 5.32 Å². The lowest BCUT2D eigenvalue weighted by atomic mass is 10.0. The van der Waals surface area contributed by atoms with Crippen molar-refractivity contribution in [2.75, 3.05) is 6.54 Å². The minimum Gasteiger partial charge on any atom is -0.305 e. The molecule has 2 aromatic rings. The van der Waals surface area contributed by atoms with Gasteiger partial charge in [-0.3, -0.25) is 0 Å². The maximum absolute atomic E-state index is 14.2. The van der Waals surface area contributed by atoms with Crippen LogP contribution in [0.3, 0.4) is 0 Å². The SMILES string of the molecule is CCCNC(c1cc(Cl)ccc1F)c1sc(C)cc1C. The third-order valence-electron chi connectivity index (χ3n) is 3.21. The van der Waals surface area contributed by atoms with E-state index < -0.39 is 0 Å². The van der Waals surface area contributed by atoms with Crippen LogP contribution in [0.1, 0.15) is 40.3 Å². The molecule has 20 heavy (non-hydrogen) atoms. The van der Waals surface area contributed by atoms with E-state index in [1.54, 1.807) is 23.5 Å². The summed E-state index contributed by atoms with van der Waals surface area (Å²) in [5.41, 5.74) is 1.82. The topological polar surface area (TPSA) is 12.0 Å². The lowest BCUT2D eigenvalue weighted by molar-refractivity contribution is 0.550. The van der Waals surface area contributed by atoms with Crippen molar-refractivity contribution in [3.63, 3.8) is 0 Å². The molecule has 0 aliphatic carbocycles. The molecule has 1 N–H and O–H groups in total. The van der Waals surface area contributed by atoms with Gasteiger partial charge in [-0.2, -0.15) is 0 Å². The number of benzene rings is 1. The molecular formula is C16H19ClFNS. The fraction of sp³-hybridized carbons (Fsp3) is 0.375. The van der Waals surface area contributed by atoms with Gasteiger partial charge in [-0.05, 0) is 56.6 Å². The van der Waals surface area contributed by atoms with Crippen molar-refractivity contribution in [3.8, 4) is 0 Å². The summed E-state index contributed by atoms with van der Waals surface area (Å²) < 4.78 is 14.2. The molecule has 1 atom stereocenters. The molecule has 0 spiro atoms. The smallest absolute Gasteiger partial charge is 0.128 e. The van der Waals surface area contributed by atoms with Crippen molar-refractivity contribution in [1.29, 1.82) is 0 Å². The van der Waals surface area contributed by atoms with Crippen LogP contribution in [0.25, 0.3) is 0 Å². The van der Waals surface area contributed by atoms with Gasteiger partial charge in [0.25, 0.3) is 0 Å². The molecule has 1 aromatic heterocycles. The van der Waals surface area contributed by atoms with Gasteiger partial charge in [0, 0.05) is 20.3 Å². The Hall–Kier alpha value is -0.900. The summed E-state index contributed by atoms with van der Waals surface area (Å²) in [6.07, 6.45) is 1.00. The zero-order valence-corrected chi connectivity index (χ0v) is 13.5. The highest BCUT2D eigenvalue weighted by atomic mass is 35.5. The zero-order valence-electron chi connectivity index (χ0n) is 12.0. The van der Waals surface area contributed by atoms with Gasteiger partial charge in [-0.1, -0.05) is 18.5 Å². The molecule has 2 rings (SSSR count). The summed E-state index contributed by atoms with van der Waals surface area (Å²) in [7, 11) is 0. The Balaban J connectivity index is 2.46. The standard InChI is InChI=1S/C16H19ClFNS/c1-4-7-19-15(16-10(2)8-11(3)20-16)13-9-12(17)5-6-14(13)18/h5-6,8-9,15,19H,4,7H2,1-3H3. The molecule has 0 saturated heterocycles. The van der Waals surface area contributed by atoms with Gasteiger partial charge in [-0.15, -0.1) is 11.3 Å². The van der Waals surface area contributed by atoms with Gasteiger partial charge >= 0.3 is 0 Å². The molecule has 1 aromatic carbocycles. The highest BCUT2D eigenvalue weighted by molar-refractivity contribution is 7.12. The van der Waals surface area contributed by atoms with Crippen molar-refractivity contribution in [3.05, 3.63) is 56.0 Å². The van der Waals surface area contributed by atoms with E-state index >= 15 is 0 Å². The summed E-state index contributed by atoms with van der Waals surface area (Å²) >= 11 is 7.75. The number of rotatable bonds is 5. The fourth-order valence-electron chi connectivity index (χ4n) is 2.31. The van der Waals surface area contributed by atoms with E-state index in [1.807, 2.05) is 0 Å². The van der Waals surface area contributed by atoms with Crippen LogP contribution in [0.4, 0.5) is 4.39 Å². The molecule has 0 radical (unpaired) electrons. The molecule has 0 aliphatic rings. The quantitative estimate of drug-likeness (QED) is 0.795. The largest absolute Gasteiger partial charge is 0.305 e. The molecule has 1 unspecified atom stereocenters. The molecule has 0 fully saturated rings. The normalized spacial score (nSPS) is 12.7. The van der Waals surface area contributed by atoms with Crippen LogP contribution in [0.2, 0.25) is 5.02 Å². The Morgan fingerprint density at radius 3 is 2.65 bits per heavy atom. The maximum Gasteiger partial charge on any atom is 0.128 e. The van der Waals surface area contributed by atoms with Gasteiger partial charge in [0.15, 0.2) is 0 Å². The number of aryl methyl sites for hydroxylation is 2. The molecule has 108 valence electrons. The second kappa shape index (κ2) is 6.70. The lowest BCUT2D eigenvalue weighted by Gasteiger charge is -2.20. The summed E-state index contributed by atoms with van der Waals surface area (Å²) in [5, 5.41) is 4.00. The number of hydrogen-bond donors (Lipinski definition) is 1. The molecule has 0 amide bonds. The maximum atomic E-state index is 14.2. The predicted molar refractivity (Wildman–Crippen MR) is 85.3 cm³/mol. The van der Waals surface area contributed by atoms with Crippen molar-refractivity contribution in [2.24, 2.45) is 0 Å². The zero-order chi connectivity index (χ0) is 14.7. The Bertz CT molecular complexity index is 594. The van der Waals surface area contributed by atoms with Crippen LogP contribution in [0, 0.1) is 19.7 Å². The van der Waals surface area contributed by atoms with Crippen molar-refractivity contribution >= 4 is 22.9 Å². The molecule has 1 heterocycles. The third kappa shape index (κ3) is 3.40. The second-order valence-electron chi connectivity index (χ2n) is 4.96. The van der Waals surface area contributed by atoms with Crippen LogP contribution >= 0.6 is 22.9 Å². The predicted octanol–water partition coefficient (Wildman–Crippen LogP) is 5.25. The first-order chi connectivity index (χ1) is 9.52. The van der Waals surface area contributed by atoms with Gasteiger partial charge in [0.2, 0.25) is 0 Å². The molecule has 0 aliphatic heterocycles. The molecule has 0 saturated carbocycles. The summed E-state index contributed by atoms with van der Waals surface area (Å²) in [6.45, 7) is 7.09. The Kier molecular flexibility index (Phi) is 5.19. The van der Waals surface area contributed by atoms with E-state index in [0.29, 0.717) is 10.6 Å². The number of nitrogens with one attached hydrogen (secondary N) is 1. The Morgan fingerprint density at radius 2 is 2.05 bits per heavy atom. The Labute approximate surface area is 128 Å². The van der Waals surface area contributed by atoms with E-state index in [4.69, 9.17) is 11.6 Å². The first-order valence-electron chi connectivity index (χ1n) is 6.78. The average molecular weight is 312 g/mol. The van der Waals surface area contributed by atoms with Gasteiger partial charge in [0.05, 0.1) is 6.04 Å². The number of thiophene rings is 1. The van der Waals surface area contributed by atoms with Crippen LogP contribution < -0.4 is 5.32 Å². The lowest BCUT2D eigenvalue weighted by Crippen LogP contribution is -2.24. The van der Waals surface area contributed by atoms with E-state index in [0.717, 1.165) is 17.8 Å². The monoisotopic (exact) mass is 311 g/mol. The average Bonchev–Trinajstić information content (AvgIpc) is 2.73. The van der Waals surface area contributed by atoms with E-state index in [1.165, 1.54) is 16.5 Å². The number of hydrogen-bond acceptors (Lipinski definition) is 2. The van der Waals surface area contributed by atoms with Gasteiger partial charge in [-0.25, -0.2) is 4.39 Å². The van der Waals surface area contributed by atoms with Crippen molar-refractivity contribution < 1.29 is 4.39 Å². The van der Waals surface area contributed by atoms with Gasteiger partial charge in [0.1, 0.15) is 5.82 Å².